The summed E-state index contributed by atoms with van der Waals surface area (Å²) in [6, 6.07) is 10.7. The SMILES string of the molecule is CCCCCCCCCCc1c(O)cccc1Oc1ccc(S(=O)(=O)O)cc1. The van der Waals surface area contributed by atoms with Gasteiger partial charge in [-0.2, -0.15) is 8.42 Å². The number of unbranched alkanes of at least 4 members (excludes halogenated alkanes) is 7. The van der Waals surface area contributed by atoms with Gasteiger partial charge in [0.1, 0.15) is 17.2 Å². The van der Waals surface area contributed by atoms with Crippen LogP contribution in [0.15, 0.2) is 47.4 Å². The second-order valence-corrected chi connectivity index (χ2v) is 8.45. The molecule has 0 amide bonds. The molecule has 2 N–H and O–H groups in total. The molecule has 5 nitrogen and oxygen atoms in total. The van der Waals surface area contributed by atoms with Crippen LogP contribution in [0.5, 0.6) is 17.2 Å². The first-order valence-electron chi connectivity index (χ1n) is 9.98. The molecule has 2 aromatic rings. The predicted molar refractivity (Wildman–Crippen MR) is 111 cm³/mol. The molecule has 0 saturated carbocycles. The van der Waals surface area contributed by atoms with E-state index in [0.29, 0.717) is 11.5 Å². The summed E-state index contributed by atoms with van der Waals surface area (Å²) in [6.07, 6.45) is 10.4. The molecular formula is C22H30O5S. The topological polar surface area (TPSA) is 83.8 Å². The van der Waals surface area contributed by atoms with Gasteiger partial charge < -0.3 is 9.84 Å². The zero-order valence-electron chi connectivity index (χ0n) is 16.4. The molecule has 0 fully saturated rings. The van der Waals surface area contributed by atoms with Gasteiger partial charge in [-0.25, -0.2) is 0 Å². The molecule has 0 aliphatic rings. The first kappa shape index (κ1) is 22.2. The zero-order chi connectivity index (χ0) is 20.4. The highest BCUT2D eigenvalue weighted by Gasteiger charge is 2.12. The average Bonchev–Trinajstić information content (AvgIpc) is 2.65. The van der Waals surface area contributed by atoms with Crippen molar-refractivity contribution in [2.24, 2.45) is 0 Å². The lowest BCUT2D eigenvalue weighted by atomic mass is 10.0. The third-order valence-electron chi connectivity index (χ3n) is 4.74. The van der Waals surface area contributed by atoms with Crippen LogP contribution in [0.3, 0.4) is 0 Å². The van der Waals surface area contributed by atoms with E-state index < -0.39 is 10.1 Å². The molecule has 0 aliphatic heterocycles. The zero-order valence-corrected chi connectivity index (χ0v) is 17.2. The summed E-state index contributed by atoms with van der Waals surface area (Å²) in [7, 11) is -4.23. The van der Waals surface area contributed by atoms with Crippen molar-refractivity contribution in [2.75, 3.05) is 0 Å². The van der Waals surface area contributed by atoms with Crippen molar-refractivity contribution in [3.05, 3.63) is 48.0 Å². The van der Waals surface area contributed by atoms with E-state index in [4.69, 9.17) is 9.29 Å². The Kier molecular flexibility index (Phi) is 8.80. The quantitative estimate of drug-likeness (QED) is 0.328. The van der Waals surface area contributed by atoms with Gasteiger partial charge in [0.15, 0.2) is 0 Å². The second kappa shape index (κ2) is 11.1. The van der Waals surface area contributed by atoms with Crippen molar-refractivity contribution >= 4 is 10.1 Å². The molecule has 0 bridgehead atoms. The summed E-state index contributed by atoms with van der Waals surface area (Å²) in [5.74, 6) is 1.20. The fourth-order valence-electron chi connectivity index (χ4n) is 3.14. The summed E-state index contributed by atoms with van der Waals surface area (Å²) in [5.41, 5.74) is 0.757. The Morgan fingerprint density at radius 3 is 2.07 bits per heavy atom. The lowest BCUT2D eigenvalue weighted by Gasteiger charge is -2.13. The van der Waals surface area contributed by atoms with Crippen LogP contribution in [0.4, 0.5) is 0 Å². The van der Waals surface area contributed by atoms with Crippen LogP contribution in [-0.4, -0.2) is 18.1 Å². The van der Waals surface area contributed by atoms with Gasteiger partial charge in [0.25, 0.3) is 10.1 Å². The summed E-state index contributed by atoms with van der Waals surface area (Å²) in [4.78, 5) is -0.185. The van der Waals surface area contributed by atoms with Crippen LogP contribution in [-0.2, 0) is 16.5 Å². The van der Waals surface area contributed by atoms with Crippen LogP contribution in [0.2, 0.25) is 0 Å². The Morgan fingerprint density at radius 2 is 1.46 bits per heavy atom. The van der Waals surface area contributed by atoms with E-state index in [9.17, 15) is 13.5 Å². The van der Waals surface area contributed by atoms with Crippen LogP contribution in [0.1, 0.15) is 63.9 Å². The lowest BCUT2D eigenvalue weighted by molar-refractivity contribution is 0.440. The monoisotopic (exact) mass is 406 g/mol. The Balaban J connectivity index is 1.92. The van der Waals surface area contributed by atoms with Gasteiger partial charge in [0.2, 0.25) is 0 Å². The molecule has 0 saturated heterocycles. The second-order valence-electron chi connectivity index (χ2n) is 7.03. The Hall–Kier alpha value is -2.05. The van der Waals surface area contributed by atoms with Crippen LogP contribution < -0.4 is 4.74 Å². The molecule has 0 heterocycles. The highest BCUT2D eigenvalue weighted by atomic mass is 32.2. The fourth-order valence-corrected chi connectivity index (χ4v) is 3.62. The molecule has 0 aromatic heterocycles. The molecule has 2 aromatic carbocycles. The molecule has 2 rings (SSSR count). The fraction of sp³-hybridized carbons (Fsp3) is 0.455. The third kappa shape index (κ3) is 7.17. The number of hydrogen-bond donors (Lipinski definition) is 2. The first-order valence-corrected chi connectivity index (χ1v) is 11.4. The molecular weight excluding hydrogens is 376 g/mol. The summed E-state index contributed by atoms with van der Waals surface area (Å²) in [6.45, 7) is 2.22. The Morgan fingerprint density at radius 1 is 0.857 bits per heavy atom. The van der Waals surface area contributed by atoms with E-state index in [-0.39, 0.29) is 10.6 Å². The van der Waals surface area contributed by atoms with Crippen molar-refractivity contribution in [1.82, 2.24) is 0 Å². The maximum Gasteiger partial charge on any atom is 0.294 e. The first-order chi connectivity index (χ1) is 13.4. The number of rotatable bonds is 12. The minimum absolute atomic E-state index is 0.185. The molecule has 0 unspecified atom stereocenters. The highest BCUT2D eigenvalue weighted by Crippen LogP contribution is 2.33. The minimum atomic E-state index is -4.23. The van der Waals surface area contributed by atoms with Crippen molar-refractivity contribution in [1.29, 1.82) is 0 Å². The van der Waals surface area contributed by atoms with Gasteiger partial charge in [-0.15, -0.1) is 0 Å². The van der Waals surface area contributed by atoms with E-state index in [2.05, 4.69) is 6.92 Å². The smallest absolute Gasteiger partial charge is 0.294 e. The van der Waals surface area contributed by atoms with E-state index in [1.54, 1.807) is 18.2 Å². The largest absolute Gasteiger partial charge is 0.508 e. The van der Waals surface area contributed by atoms with Gasteiger partial charge in [-0.3, -0.25) is 4.55 Å². The van der Waals surface area contributed by atoms with Gasteiger partial charge in [0, 0.05) is 5.56 Å². The van der Waals surface area contributed by atoms with Crippen molar-refractivity contribution in [3.63, 3.8) is 0 Å². The molecule has 0 aliphatic carbocycles. The Labute approximate surface area is 168 Å². The van der Waals surface area contributed by atoms with Crippen molar-refractivity contribution < 1.29 is 22.8 Å². The number of benzene rings is 2. The minimum Gasteiger partial charge on any atom is -0.508 e. The van der Waals surface area contributed by atoms with Crippen molar-refractivity contribution in [2.45, 2.75) is 69.6 Å². The average molecular weight is 407 g/mol. The standard InChI is InChI=1S/C22H30O5S/c1-2-3-4-5-6-7-8-9-11-20-21(23)12-10-13-22(20)27-18-14-16-19(17-15-18)28(24,25)26/h10,12-17,23H,2-9,11H2,1H3,(H,24,25,26). The maximum absolute atomic E-state index is 11.1. The molecule has 0 atom stereocenters. The van der Waals surface area contributed by atoms with Gasteiger partial charge in [-0.05, 0) is 49.2 Å². The summed E-state index contributed by atoms with van der Waals surface area (Å²) < 4.78 is 37.1. The maximum atomic E-state index is 11.1. The highest BCUT2D eigenvalue weighted by molar-refractivity contribution is 7.85. The van der Waals surface area contributed by atoms with E-state index in [0.717, 1.165) is 24.8 Å². The predicted octanol–water partition coefficient (Wildman–Crippen LogP) is 6.11. The lowest BCUT2D eigenvalue weighted by Crippen LogP contribution is -1.98. The van der Waals surface area contributed by atoms with Gasteiger partial charge in [0.05, 0.1) is 4.90 Å². The molecule has 6 heteroatoms. The molecule has 28 heavy (non-hydrogen) atoms. The molecule has 154 valence electrons. The molecule has 0 radical (unpaired) electrons. The van der Waals surface area contributed by atoms with Gasteiger partial charge in [-0.1, -0.05) is 57.9 Å². The summed E-state index contributed by atoms with van der Waals surface area (Å²) >= 11 is 0. The third-order valence-corrected chi connectivity index (χ3v) is 5.61. The molecule has 0 spiro atoms. The summed E-state index contributed by atoms with van der Waals surface area (Å²) in [5, 5.41) is 10.2. The van der Waals surface area contributed by atoms with E-state index >= 15 is 0 Å². The van der Waals surface area contributed by atoms with Crippen LogP contribution >= 0.6 is 0 Å². The number of phenols is 1. The number of hydrogen-bond acceptors (Lipinski definition) is 4. The van der Waals surface area contributed by atoms with E-state index in [1.807, 2.05) is 0 Å². The van der Waals surface area contributed by atoms with Crippen LogP contribution in [0, 0.1) is 0 Å². The Bertz CT molecular complexity index is 829. The number of ether oxygens (including phenoxy) is 1. The van der Waals surface area contributed by atoms with E-state index in [1.165, 1.54) is 62.8 Å². The number of phenolic OH excluding ortho intramolecular Hbond substituents is 1. The van der Waals surface area contributed by atoms with Gasteiger partial charge >= 0.3 is 0 Å². The normalized spacial score (nSPS) is 11.5. The van der Waals surface area contributed by atoms with Crippen LogP contribution in [0.25, 0.3) is 0 Å². The van der Waals surface area contributed by atoms with Crippen molar-refractivity contribution in [3.8, 4) is 17.2 Å². The number of aromatic hydroxyl groups is 1.